The van der Waals surface area contributed by atoms with Crippen molar-refractivity contribution in [3.05, 3.63) is 82.5 Å². The van der Waals surface area contributed by atoms with E-state index in [0.29, 0.717) is 33.5 Å². The van der Waals surface area contributed by atoms with Crippen molar-refractivity contribution in [2.75, 3.05) is 25.0 Å². The first kappa shape index (κ1) is 25.2. The van der Waals surface area contributed by atoms with Crippen molar-refractivity contribution in [2.24, 2.45) is 0 Å². The number of rotatable bonds is 9. The van der Waals surface area contributed by atoms with Crippen molar-refractivity contribution in [3.8, 4) is 17.2 Å². The summed E-state index contributed by atoms with van der Waals surface area (Å²) in [5.74, 6) is 0.552. The molecule has 0 radical (unpaired) electrons. The SMILES string of the molecule is CCCCN1CC[C@H](Nc2ccc(Oc3c(C(=O)c4ccc(F)cc4C)sc4cc(O)ccc34)cc2)C1. The minimum absolute atomic E-state index is 0.118. The number of aryl methyl sites for hydroxylation is 1. The van der Waals surface area contributed by atoms with Gasteiger partial charge in [0.1, 0.15) is 22.2 Å². The number of unbranched alkanes of at least 4 members (excludes halogenated alkanes) is 1. The molecular formula is C30H31FN2O3S. The molecule has 5 rings (SSSR count). The molecule has 1 aliphatic rings. The van der Waals surface area contributed by atoms with Gasteiger partial charge < -0.3 is 20.1 Å². The molecule has 7 heteroatoms. The molecule has 4 aromatic rings. The summed E-state index contributed by atoms with van der Waals surface area (Å²) in [6.07, 6.45) is 3.58. The molecular weight excluding hydrogens is 487 g/mol. The molecule has 1 saturated heterocycles. The highest BCUT2D eigenvalue weighted by Gasteiger charge is 2.24. The summed E-state index contributed by atoms with van der Waals surface area (Å²) in [5.41, 5.74) is 2.02. The average molecular weight is 519 g/mol. The van der Waals surface area contributed by atoms with E-state index in [0.717, 1.165) is 41.8 Å². The standard InChI is InChI=1S/C30H31FN2O3S/c1-3-4-14-33-15-13-22(18-33)32-21-6-9-24(10-7-21)36-29-26-12-8-23(34)17-27(26)37-30(29)28(35)25-11-5-20(31)16-19(25)2/h5-12,16-17,22,32,34H,3-4,13-15,18H2,1-2H3/t22-/m0/s1. The Hall–Kier alpha value is -3.42. The predicted molar refractivity (Wildman–Crippen MR) is 148 cm³/mol. The molecule has 0 saturated carbocycles. The summed E-state index contributed by atoms with van der Waals surface area (Å²) in [7, 11) is 0. The first-order chi connectivity index (χ1) is 17.9. The van der Waals surface area contributed by atoms with Gasteiger partial charge >= 0.3 is 0 Å². The highest BCUT2D eigenvalue weighted by atomic mass is 32.1. The Morgan fingerprint density at radius 3 is 2.73 bits per heavy atom. The van der Waals surface area contributed by atoms with Gasteiger partial charge in [-0.05, 0) is 92.5 Å². The summed E-state index contributed by atoms with van der Waals surface area (Å²) in [4.78, 5) is 16.4. The molecule has 0 unspecified atom stereocenters. The number of hydrogen-bond donors (Lipinski definition) is 2. The van der Waals surface area contributed by atoms with E-state index in [1.54, 1.807) is 25.1 Å². The number of thiophene rings is 1. The van der Waals surface area contributed by atoms with Gasteiger partial charge in [-0.3, -0.25) is 4.79 Å². The van der Waals surface area contributed by atoms with Gasteiger partial charge in [-0.25, -0.2) is 4.39 Å². The number of benzene rings is 3. The van der Waals surface area contributed by atoms with Crippen molar-refractivity contribution in [2.45, 2.75) is 39.2 Å². The van der Waals surface area contributed by atoms with Gasteiger partial charge in [-0.1, -0.05) is 13.3 Å². The van der Waals surface area contributed by atoms with Crippen molar-refractivity contribution < 1.29 is 19.0 Å². The highest BCUT2D eigenvalue weighted by Crippen LogP contribution is 2.43. The molecule has 3 aromatic carbocycles. The number of likely N-dealkylation sites (tertiary alicyclic amines) is 1. The summed E-state index contributed by atoms with van der Waals surface area (Å²) in [5, 5.41) is 14.4. The molecule has 1 fully saturated rings. The van der Waals surface area contributed by atoms with Gasteiger partial charge in [0, 0.05) is 40.5 Å². The molecule has 2 heterocycles. The lowest BCUT2D eigenvalue weighted by Crippen LogP contribution is -2.26. The van der Waals surface area contributed by atoms with Crippen LogP contribution in [0.4, 0.5) is 10.1 Å². The molecule has 1 aromatic heterocycles. The lowest BCUT2D eigenvalue weighted by Gasteiger charge is -2.17. The zero-order valence-corrected chi connectivity index (χ0v) is 21.9. The third-order valence-corrected chi connectivity index (χ3v) is 7.95. The van der Waals surface area contributed by atoms with E-state index in [2.05, 4.69) is 17.1 Å². The van der Waals surface area contributed by atoms with Crippen molar-refractivity contribution in [3.63, 3.8) is 0 Å². The second-order valence-corrected chi connectivity index (χ2v) is 10.7. The fourth-order valence-electron chi connectivity index (χ4n) is 4.82. The third kappa shape index (κ3) is 5.63. The predicted octanol–water partition coefficient (Wildman–Crippen LogP) is 7.36. The number of phenolic OH excluding ortho intramolecular Hbond substituents is 1. The van der Waals surface area contributed by atoms with Gasteiger partial charge in [0.2, 0.25) is 5.78 Å². The highest BCUT2D eigenvalue weighted by molar-refractivity contribution is 7.21. The van der Waals surface area contributed by atoms with Crippen LogP contribution < -0.4 is 10.1 Å². The zero-order valence-electron chi connectivity index (χ0n) is 21.1. The van der Waals surface area contributed by atoms with E-state index >= 15 is 0 Å². The maximum absolute atomic E-state index is 13.7. The number of nitrogens with one attached hydrogen (secondary N) is 1. The van der Waals surface area contributed by atoms with E-state index < -0.39 is 0 Å². The molecule has 0 bridgehead atoms. The molecule has 1 aliphatic heterocycles. The van der Waals surface area contributed by atoms with E-state index in [1.165, 1.54) is 42.4 Å². The summed E-state index contributed by atoms with van der Waals surface area (Å²) in [6, 6.07) is 17.3. The normalized spacial score (nSPS) is 15.8. The second kappa shape index (κ2) is 10.9. The first-order valence-corrected chi connectivity index (χ1v) is 13.6. The number of halogens is 1. The van der Waals surface area contributed by atoms with Crippen LogP contribution in [0, 0.1) is 12.7 Å². The first-order valence-electron chi connectivity index (χ1n) is 12.7. The van der Waals surface area contributed by atoms with E-state index in [4.69, 9.17) is 4.74 Å². The number of nitrogens with zero attached hydrogens (tertiary/aromatic N) is 1. The number of fused-ring (bicyclic) bond motifs is 1. The Kier molecular flexibility index (Phi) is 7.44. The van der Waals surface area contributed by atoms with Crippen LogP contribution in [0.3, 0.4) is 0 Å². The van der Waals surface area contributed by atoms with Gasteiger partial charge in [-0.2, -0.15) is 0 Å². The molecule has 0 aliphatic carbocycles. The topological polar surface area (TPSA) is 61.8 Å². The summed E-state index contributed by atoms with van der Waals surface area (Å²) < 4.78 is 20.7. The molecule has 0 amide bonds. The van der Waals surface area contributed by atoms with Crippen LogP contribution >= 0.6 is 11.3 Å². The molecule has 2 N–H and O–H groups in total. The van der Waals surface area contributed by atoms with E-state index in [-0.39, 0.29) is 17.3 Å². The van der Waals surface area contributed by atoms with Gasteiger partial charge in [-0.15, -0.1) is 11.3 Å². The molecule has 1 atom stereocenters. The zero-order chi connectivity index (χ0) is 25.9. The Morgan fingerprint density at radius 1 is 1.16 bits per heavy atom. The Labute approximate surface area is 220 Å². The Balaban J connectivity index is 1.38. The quantitative estimate of drug-likeness (QED) is 0.227. The largest absolute Gasteiger partial charge is 0.508 e. The average Bonchev–Trinajstić information content (AvgIpc) is 3.47. The Bertz CT molecular complexity index is 1420. The fraction of sp³-hybridized carbons (Fsp3) is 0.300. The van der Waals surface area contributed by atoms with Crippen LogP contribution in [-0.2, 0) is 0 Å². The van der Waals surface area contributed by atoms with Crippen LogP contribution in [0.1, 0.15) is 47.0 Å². The number of ketones is 1. The maximum Gasteiger partial charge on any atom is 0.207 e. The number of aromatic hydroxyl groups is 1. The van der Waals surface area contributed by atoms with Gasteiger partial charge in [0.15, 0.2) is 5.75 Å². The number of carbonyl (C=O) groups excluding carboxylic acids is 1. The van der Waals surface area contributed by atoms with Crippen LogP contribution in [0.5, 0.6) is 17.2 Å². The number of phenols is 1. The monoisotopic (exact) mass is 518 g/mol. The number of hydrogen-bond acceptors (Lipinski definition) is 6. The molecule has 0 spiro atoms. The second-order valence-electron chi connectivity index (χ2n) is 9.64. The minimum atomic E-state index is -0.383. The maximum atomic E-state index is 13.7. The summed E-state index contributed by atoms with van der Waals surface area (Å²) >= 11 is 1.26. The van der Waals surface area contributed by atoms with Crippen LogP contribution in [0.25, 0.3) is 10.1 Å². The Morgan fingerprint density at radius 2 is 1.97 bits per heavy atom. The molecule has 37 heavy (non-hydrogen) atoms. The van der Waals surface area contributed by atoms with Crippen molar-refractivity contribution >= 4 is 32.9 Å². The summed E-state index contributed by atoms with van der Waals surface area (Å²) in [6.45, 7) is 7.28. The van der Waals surface area contributed by atoms with E-state index in [9.17, 15) is 14.3 Å². The van der Waals surface area contributed by atoms with Crippen LogP contribution in [0.15, 0.2) is 60.7 Å². The fourth-order valence-corrected chi connectivity index (χ4v) is 5.94. The van der Waals surface area contributed by atoms with Crippen molar-refractivity contribution in [1.82, 2.24) is 4.90 Å². The number of ether oxygens (including phenoxy) is 1. The number of carbonyl (C=O) groups is 1. The van der Waals surface area contributed by atoms with Crippen LogP contribution in [0.2, 0.25) is 0 Å². The van der Waals surface area contributed by atoms with Crippen LogP contribution in [-0.4, -0.2) is 41.5 Å². The third-order valence-electron chi connectivity index (χ3n) is 6.81. The lowest BCUT2D eigenvalue weighted by atomic mass is 10.0. The van der Waals surface area contributed by atoms with E-state index in [1.807, 2.05) is 24.3 Å². The lowest BCUT2D eigenvalue weighted by molar-refractivity contribution is 0.104. The minimum Gasteiger partial charge on any atom is -0.508 e. The smallest absolute Gasteiger partial charge is 0.207 e. The molecule has 5 nitrogen and oxygen atoms in total. The number of anilines is 1. The van der Waals surface area contributed by atoms with Gasteiger partial charge in [0.25, 0.3) is 0 Å². The van der Waals surface area contributed by atoms with Gasteiger partial charge in [0.05, 0.1) is 0 Å². The molecule has 192 valence electrons. The van der Waals surface area contributed by atoms with Crippen molar-refractivity contribution in [1.29, 1.82) is 0 Å².